The van der Waals surface area contributed by atoms with E-state index in [0.29, 0.717) is 24.8 Å². The number of hydrogen-bond donors (Lipinski definition) is 2. The summed E-state index contributed by atoms with van der Waals surface area (Å²) in [6, 6.07) is 20.2. The number of imide groups is 1. The Labute approximate surface area is 209 Å². The number of fused-ring (bicyclic) bond motifs is 3. The summed E-state index contributed by atoms with van der Waals surface area (Å²) in [6.45, 7) is 0. The van der Waals surface area contributed by atoms with Crippen LogP contribution in [-0.2, 0) is 16.0 Å². The number of aromatic nitrogens is 1. The molecule has 3 aromatic rings. The summed E-state index contributed by atoms with van der Waals surface area (Å²) < 4.78 is 0. The van der Waals surface area contributed by atoms with Crippen molar-refractivity contribution in [3.8, 4) is 5.75 Å². The van der Waals surface area contributed by atoms with Crippen LogP contribution in [0, 0.1) is 23.7 Å². The summed E-state index contributed by atoms with van der Waals surface area (Å²) >= 11 is 0. The summed E-state index contributed by atoms with van der Waals surface area (Å²) in [5.74, 6) is -2.07. The van der Waals surface area contributed by atoms with E-state index in [9.17, 15) is 19.5 Å². The van der Waals surface area contributed by atoms with Crippen molar-refractivity contribution in [1.29, 1.82) is 0 Å². The average molecular weight is 479 g/mol. The third-order valence-electron chi connectivity index (χ3n) is 8.10. The topological polar surface area (TPSA) is 96.4 Å². The zero-order valence-electron chi connectivity index (χ0n) is 19.6. The zero-order chi connectivity index (χ0) is 24.8. The molecule has 2 amide bonds. The lowest BCUT2D eigenvalue weighted by Gasteiger charge is -2.35. The minimum Gasteiger partial charge on any atom is -0.508 e. The molecule has 2 aromatic carbocycles. The van der Waals surface area contributed by atoms with Crippen molar-refractivity contribution < 1.29 is 19.5 Å². The second-order valence-electron chi connectivity index (χ2n) is 10.0. The number of hydrogen-bond acceptors (Lipinski definition) is 5. The summed E-state index contributed by atoms with van der Waals surface area (Å²) in [5.41, 5.74) is 4.86. The monoisotopic (exact) mass is 478 g/mol. The summed E-state index contributed by atoms with van der Waals surface area (Å²) in [5, 5.41) is 12.3. The van der Waals surface area contributed by atoms with E-state index in [4.69, 9.17) is 0 Å². The SMILES string of the molecule is O=C1NC(=O)C2C1CC(Cc1cccnc1)=C1CC(C(=O)c3ccc(O)cc3)C(c3ccccc3)C12. The van der Waals surface area contributed by atoms with Gasteiger partial charge >= 0.3 is 0 Å². The molecule has 5 unspecified atom stereocenters. The Kier molecular flexibility index (Phi) is 5.52. The van der Waals surface area contributed by atoms with E-state index in [1.165, 1.54) is 12.1 Å². The van der Waals surface area contributed by atoms with Gasteiger partial charge in [0, 0.05) is 35.7 Å². The fourth-order valence-electron chi connectivity index (χ4n) is 6.61. The van der Waals surface area contributed by atoms with Gasteiger partial charge in [-0.05, 0) is 60.7 Å². The van der Waals surface area contributed by atoms with Crippen molar-refractivity contribution in [2.45, 2.75) is 25.2 Å². The van der Waals surface area contributed by atoms with Crippen molar-refractivity contribution in [3.63, 3.8) is 0 Å². The smallest absolute Gasteiger partial charge is 0.231 e. The molecule has 1 aliphatic heterocycles. The quantitative estimate of drug-likeness (QED) is 0.325. The lowest BCUT2D eigenvalue weighted by Crippen LogP contribution is -2.35. The third kappa shape index (κ3) is 3.73. The molecule has 6 nitrogen and oxygen atoms in total. The van der Waals surface area contributed by atoms with Gasteiger partial charge < -0.3 is 5.11 Å². The predicted octanol–water partition coefficient (Wildman–Crippen LogP) is 4.22. The molecule has 3 aliphatic rings. The molecule has 2 fully saturated rings. The van der Waals surface area contributed by atoms with Gasteiger partial charge in [-0.15, -0.1) is 0 Å². The molecule has 1 saturated heterocycles. The molecule has 6 heteroatoms. The van der Waals surface area contributed by atoms with E-state index in [0.717, 1.165) is 22.3 Å². The fourth-order valence-corrected chi connectivity index (χ4v) is 6.61. The molecule has 6 rings (SSSR count). The standard InChI is InChI=1S/C30H26N2O4/c33-21-10-8-19(9-11-21)28(34)23-15-22-20(13-17-5-4-12-31-16-17)14-24-27(30(36)32-29(24)35)26(22)25(23)18-6-2-1-3-7-18/h1-12,16,23-27,33H,13-15H2,(H,32,35,36). The van der Waals surface area contributed by atoms with Gasteiger partial charge in [0.2, 0.25) is 11.8 Å². The van der Waals surface area contributed by atoms with Crippen molar-refractivity contribution in [3.05, 3.63) is 107 Å². The first kappa shape index (κ1) is 22.4. The van der Waals surface area contributed by atoms with Crippen LogP contribution >= 0.6 is 0 Å². The fraction of sp³-hybridized carbons (Fsp3) is 0.267. The lowest BCUT2D eigenvalue weighted by molar-refractivity contribution is -0.126. The van der Waals surface area contributed by atoms with Crippen LogP contribution in [0.2, 0.25) is 0 Å². The van der Waals surface area contributed by atoms with Crippen LogP contribution in [0.15, 0.2) is 90.3 Å². The van der Waals surface area contributed by atoms with Crippen LogP contribution in [0.25, 0.3) is 0 Å². The summed E-state index contributed by atoms with van der Waals surface area (Å²) in [7, 11) is 0. The number of nitrogens with zero attached hydrogens (tertiary/aromatic N) is 1. The Bertz CT molecular complexity index is 1370. The van der Waals surface area contributed by atoms with E-state index in [1.54, 1.807) is 18.3 Å². The second kappa shape index (κ2) is 8.86. The number of ketones is 1. The minimum atomic E-state index is -0.479. The van der Waals surface area contributed by atoms with Gasteiger partial charge in [0.05, 0.1) is 11.8 Å². The normalized spacial score (nSPS) is 26.9. The first-order valence-electron chi connectivity index (χ1n) is 12.3. The first-order chi connectivity index (χ1) is 17.5. The van der Waals surface area contributed by atoms with Gasteiger partial charge in [-0.2, -0.15) is 0 Å². The van der Waals surface area contributed by atoms with Crippen molar-refractivity contribution in [2.75, 3.05) is 0 Å². The van der Waals surface area contributed by atoms with Gasteiger partial charge in [0.1, 0.15) is 5.75 Å². The number of carbonyl (C=O) groups excluding carboxylic acids is 3. The summed E-state index contributed by atoms with van der Waals surface area (Å²) in [6.07, 6.45) is 5.27. The van der Waals surface area contributed by atoms with Crippen LogP contribution < -0.4 is 5.32 Å². The number of pyridine rings is 1. The number of rotatable bonds is 5. The predicted molar refractivity (Wildman–Crippen MR) is 133 cm³/mol. The Balaban J connectivity index is 1.50. The van der Waals surface area contributed by atoms with Crippen LogP contribution in [0.1, 0.15) is 40.2 Å². The van der Waals surface area contributed by atoms with Crippen molar-refractivity contribution in [2.24, 2.45) is 23.7 Å². The highest BCUT2D eigenvalue weighted by Gasteiger charge is 2.57. The second-order valence-corrected chi connectivity index (χ2v) is 10.0. The number of aromatic hydroxyl groups is 1. The Morgan fingerprint density at radius 3 is 2.39 bits per heavy atom. The maximum absolute atomic E-state index is 13.9. The minimum absolute atomic E-state index is 0.00670. The van der Waals surface area contributed by atoms with Gasteiger partial charge in [0.25, 0.3) is 0 Å². The molecule has 1 aromatic heterocycles. The van der Waals surface area contributed by atoms with Crippen LogP contribution in [0.4, 0.5) is 0 Å². The molecule has 36 heavy (non-hydrogen) atoms. The number of carbonyl (C=O) groups is 3. The maximum atomic E-state index is 13.9. The van der Waals surface area contributed by atoms with Gasteiger partial charge in [-0.25, -0.2) is 0 Å². The Morgan fingerprint density at radius 2 is 1.67 bits per heavy atom. The Morgan fingerprint density at radius 1 is 0.889 bits per heavy atom. The molecule has 1 saturated carbocycles. The highest BCUT2D eigenvalue weighted by molar-refractivity contribution is 6.06. The largest absolute Gasteiger partial charge is 0.508 e. The Hall–Kier alpha value is -4.06. The molecule has 0 radical (unpaired) electrons. The van der Waals surface area contributed by atoms with Gasteiger partial charge in [-0.1, -0.05) is 47.5 Å². The van der Waals surface area contributed by atoms with Gasteiger partial charge in [-0.3, -0.25) is 24.7 Å². The maximum Gasteiger partial charge on any atom is 0.231 e. The summed E-state index contributed by atoms with van der Waals surface area (Å²) in [4.78, 5) is 44.1. The molecule has 2 heterocycles. The lowest BCUT2D eigenvalue weighted by atomic mass is 9.65. The van der Waals surface area contributed by atoms with Crippen LogP contribution in [-0.4, -0.2) is 27.7 Å². The average Bonchev–Trinajstić information content (AvgIpc) is 3.42. The van der Waals surface area contributed by atoms with E-state index in [1.807, 2.05) is 48.7 Å². The highest BCUT2D eigenvalue weighted by Crippen LogP contribution is 2.58. The van der Waals surface area contributed by atoms with Crippen molar-refractivity contribution in [1.82, 2.24) is 10.3 Å². The molecule has 5 atom stereocenters. The van der Waals surface area contributed by atoms with Gasteiger partial charge in [0.15, 0.2) is 5.78 Å². The third-order valence-corrected chi connectivity index (χ3v) is 8.10. The van der Waals surface area contributed by atoms with E-state index < -0.39 is 11.8 Å². The number of allylic oxidation sites excluding steroid dienone is 2. The number of amides is 2. The first-order valence-corrected chi connectivity index (χ1v) is 12.3. The number of benzene rings is 2. The molecular weight excluding hydrogens is 452 g/mol. The molecular formula is C30H26N2O4. The number of nitrogens with one attached hydrogen (secondary N) is 1. The molecule has 0 spiro atoms. The molecule has 2 N–H and O–H groups in total. The van der Waals surface area contributed by atoms with E-state index >= 15 is 0 Å². The number of Topliss-reactive ketones (excluding diaryl/α,β-unsaturated/α-hetero) is 1. The number of phenols is 1. The van der Waals surface area contributed by atoms with Crippen LogP contribution in [0.3, 0.4) is 0 Å². The van der Waals surface area contributed by atoms with E-state index in [-0.39, 0.29) is 41.1 Å². The van der Waals surface area contributed by atoms with E-state index in [2.05, 4.69) is 10.3 Å². The molecule has 2 aliphatic carbocycles. The van der Waals surface area contributed by atoms with Crippen molar-refractivity contribution >= 4 is 17.6 Å². The number of phenolic OH excluding ortho intramolecular Hbond substituents is 1. The molecule has 180 valence electrons. The molecule has 0 bridgehead atoms. The van der Waals surface area contributed by atoms with Crippen LogP contribution in [0.5, 0.6) is 5.75 Å². The highest BCUT2D eigenvalue weighted by atomic mass is 16.3. The zero-order valence-corrected chi connectivity index (χ0v) is 19.6.